The van der Waals surface area contributed by atoms with Crippen molar-refractivity contribution < 1.29 is 11.0 Å². The lowest BCUT2D eigenvalue weighted by molar-refractivity contribution is 0.593. The Bertz CT molecular complexity index is 1240. The first kappa shape index (κ1) is 11.5. The Labute approximate surface area is 176 Å². The van der Waals surface area contributed by atoms with Crippen LogP contribution in [0.2, 0.25) is 0 Å². The summed E-state index contributed by atoms with van der Waals surface area (Å²) in [4.78, 5) is 0. The van der Waals surface area contributed by atoms with Crippen LogP contribution in [0, 0.1) is 34.6 Å². The summed E-state index contributed by atoms with van der Waals surface area (Å²) in [6.07, 6.45) is 0. The quantitative estimate of drug-likeness (QED) is 0.434. The molecule has 0 aliphatic heterocycles. The molecule has 0 amide bonds. The Balaban J connectivity index is 2.75. The van der Waals surface area contributed by atoms with Crippen molar-refractivity contribution in [1.82, 2.24) is 0 Å². The molecule has 0 saturated carbocycles. The number of hydrogen-bond acceptors (Lipinski definition) is 0. The van der Waals surface area contributed by atoms with E-state index in [1.165, 1.54) is 0 Å². The molecule has 140 valence electrons. The number of benzene rings is 3. The monoisotopic (exact) mass is 364 g/mol. The Morgan fingerprint density at radius 3 is 1.11 bits per heavy atom. The van der Waals surface area contributed by atoms with Gasteiger partial charge in [-0.3, -0.25) is 0 Å². The van der Waals surface area contributed by atoms with Crippen LogP contribution in [0.1, 0.15) is 65.1 Å². The second-order valence-electron chi connectivity index (χ2n) is 8.25. The predicted molar refractivity (Wildman–Crippen MR) is 120 cm³/mol. The standard InChI is InChI=1S/C27H32/c1-17-9-18(2)12-22(11-17)24-15-21(5)16-25(26(24)27(6,7)8)23-13-19(3)10-20(4)14-23/h9-16H,1-8H3/i9D,10D,11D,12D,13D,14D,15D,16D. The highest BCUT2D eigenvalue weighted by molar-refractivity contribution is 5.82. The van der Waals surface area contributed by atoms with E-state index in [0.717, 1.165) is 0 Å². The van der Waals surface area contributed by atoms with Crippen molar-refractivity contribution in [3.05, 3.63) is 81.7 Å². The molecule has 0 saturated heterocycles. The Morgan fingerprint density at radius 2 is 0.815 bits per heavy atom. The highest BCUT2D eigenvalue weighted by Gasteiger charge is 2.24. The minimum absolute atomic E-state index is 0.00117. The third kappa shape index (κ3) is 4.16. The summed E-state index contributed by atoms with van der Waals surface area (Å²) < 4.78 is 69.9. The highest BCUT2D eigenvalue weighted by atomic mass is 14.3. The van der Waals surface area contributed by atoms with Gasteiger partial charge in [-0.05, 0) is 73.4 Å². The molecule has 0 atom stereocenters. The van der Waals surface area contributed by atoms with Gasteiger partial charge in [-0.1, -0.05) is 91.4 Å². The van der Waals surface area contributed by atoms with Gasteiger partial charge in [-0.2, -0.15) is 0 Å². The minimum Gasteiger partial charge on any atom is -0.0563 e. The molecule has 27 heavy (non-hydrogen) atoms. The zero-order valence-corrected chi connectivity index (χ0v) is 17.5. The topological polar surface area (TPSA) is 0 Å². The lowest BCUT2D eigenvalue weighted by Crippen LogP contribution is -2.15. The van der Waals surface area contributed by atoms with E-state index in [1.807, 2.05) is 20.8 Å². The summed E-state index contributed by atoms with van der Waals surface area (Å²) in [6.45, 7) is 14.0. The van der Waals surface area contributed by atoms with E-state index in [9.17, 15) is 0 Å². The smallest absolute Gasteiger partial charge is 0.0563 e. The SMILES string of the molecule is [2H]c1c(C)c([2H])c(-c2c([2H])c(C)c([2H])c(-c3c([2H])c(C)c([2H])c(C)c3[2H])c2C(C)(C)C)c([2H])c1C. The van der Waals surface area contributed by atoms with E-state index in [0.29, 0.717) is 44.5 Å². The van der Waals surface area contributed by atoms with Crippen molar-refractivity contribution in [2.75, 3.05) is 0 Å². The van der Waals surface area contributed by atoms with Crippen molar-refractivity contribution >= 4 is 0 Å². The largest absolute Gasteiger partial charge is 0.0632 e. The Kier molecular flexibility index (Phi) is 2.98. The lowest BCUT2D eigenvalue weighted by atomic mass is 9.76. The van der Waals surface area contributed by atoms with Crippen molar-refractivity contribution in [3.63, 3.8) is 0 Å². The van der Waals surface area contributed by atoms with Crippen LogP contribution in [-0.2, 0) is 5.41 Å². The van der Waals surface area contributed by atoms with Gasteiger partial charge >= 0.3 is 0 Å². The van der Waals surface area contributed by atoms with Crippen LogP contribution in [-0.4, -0.2) is 0 Å². The molecule has 0 aliphatic rings. The van der Waals surface area contributed by atoms with Crippen LogP contribution in [0.3, 0.4) is 0 Å². The molecule has 0 radical (unpaired) electrons. The molecular weight excluding hydrogens is 324 g/mol. The van der Waals surface area contributed by atoms with Gasteiger partial charge < -0.3 is 0 Å². The summed E-state index contributed by atoms with van der Waals surface area (Å²) in [5.74, 6) is 0. The summed E-state index contributed by atoms with van der Waals surface area (Å²) >= 11 is 0. The van der Waals surface area contributed by atoms with Gasteiger partial charge in [0.15, 0.2) is 0 Å². The molecule has 3 aromatic rings. The van der Waals surface area contributed by atoms with Crippen LogP contribution in [0.15, 0.2) is 48.3 Å². The van der Waals surface area contributed by atoms with Gasteiger partial charge in [0.1, 0.15) is 0 Å². The van der Waals surface area contributed by atoms with Crippen LogP contribution in [0.25, 0.3) is 22.3 Å². The van der Waals surface area contributed by atoms with Crippen molar-refractivity contribution in [2.24, 2.45) is 0 Å². The first-order valence-corrected chi connectivity index (χ1v) is 9.25. The maximum atomic E-state index is 9.01. The van der Waals surface area contributed by atoms with Gasteiger partial charge in [0.25, 0.3) is 0 Å². The molecule has 0 fully saturated rings. The number of rotatable bonds is 2. The van der Waals surface area contributed by atoms with Crippen LogP contribution >= 0.6 is 0 Å². The molecule has 0 heterocycles. The first-order valence-electron chi connectivity index (χ1n) is 13.2. The molecule has 0 heteroatoms. The van der Waals surface area contributed by atoms with Gasteiger partial charge in [0.05, 0.1) is 11.0 Å². The van der Waals surface area contributed by atoms with Gasteiger partial charge in [0, 0.05) is 0 Å². The van der Waals surface area contributed by atoms with Crippen LogP contribution in [0.5, 0.6) is 0 Å². The molecular formula is C27H32. The average Bonchev–Trinajstić information content (AvgIpc) is 2.79. The molecule has 0 nitrogen and oxygen atoms in total. The fraction of sp³-hybridized carbons (Fsp3) is 0.333. The molecule has 0 bridgehead atoms. The first-order chi connectivity index (χ1) is 16.0. The fourth-order valence-corrected chi connectivity index (χ4v) is 3.53. The molecule has 0 aliphatic carbocycles. The second kappa shape index (κ2) is 7.00. The van der Waals surface area contributed by atoms with Gasteiger partial charge in [-0.25, -0.2) is 0 Å². The van der Waals surface area contributed by atoms with E-state index in [4.69, 9.17) is 11.0 Å². The van der Waals surface area contributed by atoms with E-state index in [-0.39, 0.29) is 59.5 Å². The second-order valence-corrected chi connectivity index (χ2v) is 8.25. The van der Waals surface area contributed by atoms with E-state index < -0.39 is 5.41 Å². The van der Waals surface area contributed by atoms with Crippen LogP contribution < -0.4 is 0 Å². The van der Waals surface area contributed by atoms with Crippen molar-refractivity contribution in [3.8, 4) is 22.3 Å². The summed E-state index contributed by atoms with van der Waals surface area (Å²) in [7, 11) is 0. The zero-order chi connectivity index (χ0) is 26.9. The third-order valence-electron chi connectivity index (χ3n) is 4.38. The highest BCUT2D eigenvalue weighted by Crippen LogP contribution is 2.42. The Morgan fingerprint density at radius 1 is 0.519 bits per heavy atom. The predicted octanol–water partition coefficient (Wildman–Crippen LogP) is 7.86. The normalized spacial score (nSPS) is 15.9. The third-order valence-corrected chi connectivity index (χ3v) is 4.38. The molecule has 0 spiro atoms. The lowest BCUT2D eigenvalue weighted by Gasteiger charge is -2.28. The van der Waals surface area contributed by atoms with Crippen molar-refractivity contribution in [1.29, 1.82) is 0 Å². The molecule has 0 aromatic heterocycles. The molecule has 0 unspecified atom stereocenters. The maximum Gasteiger partial charge on any atom is 0.0632 e. The van der Waals surface area contributed by atoms with Crippen molar-refractivity contribution in [2.45, 2.75) is 60.8 Å². The van der Waals surface area contributed by atoms with Crippen LogP contribution in [0.4, 0.5) is 0 Å². The molecule has 3 aromatic carbocycles. The molecule has 0 N–H and O–H groups in total. The van der Waals surface area contributed by atoms with Gasteiger partial charge in [-0.15, -0.1) is 0 Å². The van der Waals surface area contributed by atoms with Gasteiger partial charge in [0.2, 0.25) is 0 Å². The average molecular weight is 365 g/mol. The summed E-state index contributed by atoms with van der Waals surface area (Å²) in [5.41, 5.74) is 2.97. The summed E-state index contributed by atoms with van der Waals surface area (Å²) in [5, 5.41) is 0. The fourth-order valence-electron chi connectivity index (χ4n) is 3.53. The van der Waals surface area contributed by atoms with E-state index in [2.05, 4.69) is 0 Å². The molecule has 3 rings (SSSR count). The Hall–Kier alpha value is -2.34. The van der Waals surface area contributed by atoms with E-state index in [1.54, 1.807) is 34.6 Å². The maximum absolute atomic E-state index is 9.01. The van der Waals surface area contributed by atoms with E-state index >= 15 is 0 Å². The minimum atomic E-state index is -0.676. The summed E-state index contributed by atoms with van der Waals surface area (Å²) in [6, 6.07) is 0.313. The zero-order valence-electron chi connectivity index (χ0n) is 25.5. The number of hydrogen-bond donors (Lipinski definition) is 0.